The van der Waals surface area contributed by atoms with Gasteiger partial charge in [-0.15, -0.1) is 0 Å². The number of ether oxygens (including phenoxy) is 1. The first-order valence-electron chi connectivity index (χ1n) is 25.4. The maximum Gasteiger partial charge on any atom is 0.481 e. The van der Waals surface area contributed by atoms with Crippen LogP contribution in [0.25, 0.3) is 11.2 Å². The Morgan fingerprint density at radius 1 is 0.933 bits per heavy atom. The summed E-state index contributed by atoms with van der Waals surface area (Å²) in [5.74, 6) is 1.28. The van der Waals surface area contributed by atoms with Crippen molar-refractivity contribution in [1.29, 1.82) is 0 Å². The lowest BCUT2D eigenvalue weighted by molar-refractivity contribution is -0.174. The minimum absolute atomic E-state index is 0.0288. The third kappa shape index (κ3) is 13.9. The van der Waals surface area contributed by atoms with E-state index in [-0.39, 0.29) is 70.6 Å². The van der Waals surface area contributed by atoms with Gasteiger partial charge in [0.1, 0.15) is 36.3 Å². The fourth-order valence-corrected chi connectivity index (χ4v) is 16.6. The zero-order chi connectivity index (χ0) is 55.1. The molecule has 1 aliphatic heterocycles. The summed E-state index contributed by atoms with van der Waals surface area (Å²) in [7, 11) is -16.5. The predicted octanol–water partition coefficient (Wildman–Crippen LogP) is 3.07. The van der Waals surface area contributed by atoms with Crippen LogP contribution in [0.15, 0.2) is 12.7 Å². The molecule has 30 heteroatoms. The molecule has 424 valence electrons. The molecule has 7 rings (SSSR count). The number of aromatic nitrogens is 4. The molecule has 2 aromatic rings. The molecule has 3 unspecified atom stereocenters. The monoisotopic (exact) mass is 1140 g/mol. The maximum atomic E-state index is 13.0. The highest BCUT2D eigenvalue weighted by atomic mass is 32.2. The van der Waals surface area contributed by atoms with Crippen molar-refractivity contribution in [2.45, 2.75) is 148 Å². The standard InChI is InChI=1S/C45H74N7O19P3S/c1-24(27-7-8-28-34-29(11-14-45(27,28)5)44(4)13-10-26(53)18-25(44)19-30(34)54)6-9-33(56)75-17-16-47-32(55)12-15-48-41(59)38(58)43(2,3)21-68-74(65,66)71-73(63,64)67-20-31-37(70-72(60,61)62)36(57)42(69-31)52-23-51-35-39(46)49-22-50-40(35)52/h22-31,34,36-38,42,53-54,57-58H,6-21H2,1-5H3,(H,47,55)(H,48,59)(H,63,64)(H,65,66)(H2,46,49,50)(H2,60,61,62)/t24-,25+,26-,27-,28+,29+,30-,31-,34+,36-,37-,38?,42-,44+,45-/m1/s1. The molecule has 0 aromatic carbocycles. The molecule has 2 aromatic heterocycles. The third-order valence-corrected chi connectivity index (χ3v) is 21.0. The highest BCUT2D eigenvalue weighted by molar-refractivity contribution is 8.13. The van der Waals surface area contributed by atoms with Crippen molar-refractivity contribution >= 4 is 69.1 Å². The molecule has 4 aliphatic carbocycles. The van der Waals surface area contributed by atoms with E-state index < -0.39 is 84.6 Å². The van der Waals surface area contributed by atoms with Crippen LogP contribution >= 0.6 is 35.2 Å². The van der Waals surface area contributed by atoms with E-state index in [1.54, 1.807) is 0 Å². The van der Waals surface area contributed by atoms with Gasteiger partial charge in [-0.05, 0) is 104 Å². The number of nitrogen functional groups attached to an aromatic ring is 1. The van der Waals surface area contributed by atoms with Gasteiger partial charge in [0.25, 0.3) is 0 Å². The lowest BCUT2D eigenvalue weighted by Crippen LogP contribution is -2.58. The van der Waals surface area contributed by atoms with Crippen molar-refractivity contribution in [1.82, 2.24) is 30.2 Å². The maximum absolute atomic E-state index is 13.0. The fourth-order valence-electron chi connectivity index (χ4n) is 13.1. The SMILES string of the molecule is C[C@H](CCC(=O)SCCNC(=O)CCNC(=O)C(O)C(C)(C)COP(=O)(O)OP(=O)(O)OC[C@H]1O[C@@H](n2cnc3c(N)ncnc32)[C@H](O)[C@@H]1OP(=O)(O)O)[C@H]1CC[C@H]2[C@@H]3[C@H](O)C[C@@H]4C[C@H](O)CC[C@]4(C)[C@H]3CC[C@]12C. The second-order valence-electron chi connectivity index (χ2n) is 22.3. The average Bonchev–Trinajstić information content (AvgIpc) is 4.01. The second kappa shape index (κ2) is 23.7. The van der Waals surface area contributed by atoms with Crippen LogP contribution in [0, 0.1) is 51.8 Å². The normalized spacial score (nSPS) is 34.3. The van der Waals surface area contributed by atoms with Crippen LogP contribution in [-0.4, -0.2) is 145 Å². The van der Waals surface area contributed by atoms with Gasteiger partial charge >= 0.3 is 23.5 Å². The average molecular weight is 1140 g/mol. The van der Waals surface area contributed by atoms with Crippen LogP contribution in [0.5, 0.6) is 0 Å². The Hall–Kier alpha value is -2.52. The number of imidazole rings is 1. The number of carbonyl (C=O) groups excluding carboxylic acids is 3. The highest BCUT2D eigenvalue weighted by Crippen LogP contribution is 2.68. The Morgan fingerprint density at radius 3 is 2.35 bits per heavy atom. The van der Waals surface area contributed by atoms with Crippen molar-refractivity contribution in [3.05, 3.63) is 12.7 Å². The Balaban J connectivity index is 0.778. The molecule has 75 heavy (non-hydrogen) atoms. The molecule has 0 spiro atoms. The summed E-state index contributed by atoms with van der Waals surface area (Å²) in [5, 5.41) is 48.8. The van der Waals surface area contributed by atoms with Crippen LogP contribution in [0.3, 0.4) is 0 Å². The molecular weight excluding hydrogens is 1070 g/mol. The summed E-state index contributed by atoms with van der Waals surface area (Å²) in [6, 6.07) is 0. The van der Waals surface area contributed by atoms with Gasteiger partial charge in [0.15, 0.2) is 22.8 Å². The summed E-state index contributed by atoms with van der Waals surface area (Å²) in [4.78, 5) is 89.7. The minimum atomic E-state index is -5.60. The largest absolute Gasteiger partial charge is 0.481 e. The van der Waals surface area contributed by atoms with Crippen LogP contribution < -0.4 is 16.4 Å². The quantitative estimate of drug-likeness (QED) is 0.0562. The topological polar surface area (TPSA) is 404 Å². The molecule has 2 amide bonds. The van der Waals surface area contributed by atoms with Crippen molar-refractivity contribution in [2.24, 2.45) is 51.8 Å². The molecule has 5 aliphatic rings. The van der Waals surface area contributed by atoms with E-state index in [1.165, 1.54) is 13.8 Å². The summed E-state index contributed by atoms with van der Waals surface area (Å²) >= 11 is 1.15. The number of nitrogens with zero attached hydrogens (tertiary/aromatic N) is 4. The van der Waals surface area contributed by atoms with Gasteiger partial charge in [0.05, 0.1) is 31.7 Å². The van der Waals surface area contributed by atoms with Gasteiger partial charge in [0, 0.05) is 37.1 Å². The molecule has 0 radical (unpaired) electrons. The molecule has 26 nitrogen and oxygen atoms in total. The van der Waals surface area contributed by atoms with E-state index in [0.29, 0.717) is 41.8 Å². The van der Waals surface area contributed by atoms with Crippen LogP contribution in [0.1, 0.15) is 111 Å². The number of anilines is 1. The van der Waals surface area contributed by atoms with E-state index >= 15 is 0 Å². The number of aliphatic hydroxyl groups is 4. The van der Waals surface area contributed by atoms with Crippen molar-refractivity contribution < 1.29 is 90.7 Å². The van der Waals surface area contributed by atoms with Crippen LogP contribution in [-0.2, 0) is 50.7 Å². The lowest BCUT2D eigenvalue weighted by atomic mass is 9.43. The van der Waals surface area contributed by atoms with Crippen molar-refractivity contribution in [3.63, 3.8) is 0 Å². The van der Waals surface area contributed by atoms with Crippen molar-refractivity contribution in [3.8, 4) is 0 Å². The van der Waals surface area contributed by atoms with Crippen LogP contribution in [0.2, 0.25) is 0 Å². The number of rotatable bonds is 23. The molecule has 12 N–H and O–H groups in total. The van der Waals surface area contributed by atoms with Gasteiger partial charge < -0.3 is 61.1 Å². The van der Waals surface area contributed by atoms with Gasteiger partial charge in [-0.3, -0.25) is 32.5 Å². The smallest absolute Gasteiger partial charge is 0.393 e. The number of amides is 2. The first-order valence-corrected chi connectivity index (χ1v) is 30.9. The minimum Gasteiger partial charge on any atom is -0.393 e. The zero-order valence-electron chi connectivity index (χ0n) is 42.7. The Morgan fingerprint density at radius 2 is 1.63 bits per heavy atom. The van der Waals surface area contributed by atoms with E-state index in [1.807, 2.05) is 0 Å². The number of hydrogen-bond donors (Lipinski definition) is 11. The predicted molar refractivity (Wildman–Crippen MR) is 268 cm³/mol. The third-order valence-electron chi connectivity index (χ3n) is 17.0. The number of fused-ring (bicyclic) bond motifs is 6. The van der Waals surface area contributed by atoms with Gasteiger partial charge in [-0.1, -0.05) is 46.4 Å². The first-order chi connectivity index (χ1) is 34.9. The number of thioether (sulfide) groups is 1. The Kier molecular flexibility index (Phi) is 19.0. The molecule has 5 fully saturated rings. The van der Waals surface area contributed by atoms with Gasteiger partial charge in [0.2, 0.25) is 11.8 Å². The number of nitrogens with two attached hydrogens (primary N) is 1. The molecule has 1 saturated heterocycles. The number of phosphoric acid groups is 3. The number of aliphatic hydroxyl groups excluding tert-OH is 4. The van der Waals surface area contributed by atoms with E-state index in [2.05, 4.69) is 55.2 Å². The molecule has 3 heterocycles. The van der Waals surface area contributed by atoms with Crippen molar-refractivity contribution in [2.75, 3.05) is 37.8 Å². The fraction of sp³-hybridized carbons (Fsp3) is 0.822. The first kappa shape index (κ1) is 60.1. The summed E-state index contributed by atoms with van der Waals surface area (Å²) in [5.41, 5.74) is 4.55. The summed E-state index contributed by atoms with van der Waals surface area (Å²) in [6.07, 6.45) is 1.45. The summed E-state index contributed by atoms with van der Waals surface area (Å²) in [6.45, 7) is 7.58. The summed E-state index contributed by atoms with van der Waals surface area (Å²) < 4.78 is 62.7. The van der Waals surface area contributed by atoms with E-state index in [9.17, 15) is 68.1 Å². The Labute approximate surface area is 438 Å². The second-order valence-corrected chi connectivity index (χ2v) is 27.6. The molecule has 0 bridgehead atoms. The molecule has 4 saturated carbocycles. The molecule has 17 atom stereocenters. The van der Waals surface area contributed by atoms with Gasteiger partial charge in [-0.25, -0.2) is 28.6 Å². The number of hydrogen-bond acceptors (Lipinski definition) is 20. The Bertz CT molecular complexity index is 2530. The van der Waals surface area contributed by atoms with E-state index in [0.717, 1.165) is 86.8 Å². The molecular formula is C45H74N7O19P3S. The van der Waals surface area contributed by atoms with E-state index in [4.69, 9.17) is 19.5 Å². The lowest BCUT2D eigenvalue weighted by Gasteiger charge is -2.62. The highest BCUT2D eigenvalue weighted by Gasteiger charge is 2.63. The number of nitrogens with one attached hydrogen (secondary N) is 2. The number of phosphoric ester groups is 3. The van der Waals surface area contributed by atoms with Gasteiger partial charge in [-0.2, -0.15) is 4.31 Å². The number of carbonyl (C=O) groups is 3. The van der Waals surface area contributed by atoms with Crippen LogP contribution in [0.4, 0.5) is 5.82 Å². The zero-order valence-corrected chi connectivity index (χ0v) is 46.2.